The molecule has 5 heteroatoms. The van der Waals surface area contributed by atoms with Crippen LogP contribution in [0.3, 0.4) is 0 Å². The van der Waals surface area contributed by atoms with Gasteiger partial charge in [-0.3, -0.25) is 0 Å². The maximum absolute atomic E-state index is 11.9. The number of piperidine rings is 1. The van der Waals surface area contributed by atoms with E-state index in [0.29, 0.717) is 12.5 Å². The van der Waals surface area contributed by atoms with E-state index in [2.05, 4.69) is 36.7 Å². The Morgan fingerprint density at radius 1 is 1.23 bits per heavy atom. The molecule has 1 unspecified atom stereocenters. The lowest BCUT2D eigenvalue weighted by Gasteiger charge is -2.37. The molecule has 0 saturated carbocycles. The highest BCUT2D eigenvalue weighted by Gasteiger charge is 2.30. The molecule has 0 bridgehead atoms. The van der Waals surface area contributed by atoms with Crippen molar-refractivity contribution in [2.24, 2.45) is 11.8 Å². The molecule has 0 radical (unpaired) electrons. The van der Waals surface area contributed by atoms with Crippen LogP contribution in [0.25, 0.3) is 0 Å². The summed E-state index contributed by atoms with van der Waals surface area (Å²) in [5.74, 6) is 1.14. The minimum Gasteiger partial charge on any atom is -0.444 e. The van der Waals surface area contributed by atoms with Crippen LogP contribution in [-0.2, 0) is 4.74 Å². The van der Waals surface area contributed by atoms with E-state index in [1.165, 1.54) is 12.8 Å². The second kappa shape index (κ2) is 8.16. The third kappa shape index (κ3) is 6.97. The van der Waals surface area contributed by atoms with Crippen molar-refractivity contribution in [3.05, 3.63) is 0 Å². The zero-order chi connectivity index (χ0) is 16.8. The normalized spacial score (nSPS) is 19.8. The third-order valence-corrected chi connectivity index (χ3v) is 4.53. The second-order valence-electron chi connectivity index (χ2n) is 8.00. The third-order valence-electron chi connectivity index (χ3n) is 4.53. The van der Waals surface area contributed by atoms with Crippen molar-refractivity contribution in [1.82, 2.24) is 16.0 Å². The number of nitrogens with one attached hydrogen (secondary N) is 3. The van der Waals surface area contributed by atoms with Gasteiger partial charge in [-0.1, -0.05) is 13.8 Å². The lowest BCUT2D eigenvalue weighted by atomic mass is 9.87. The number of alkyl carbamates (subject to hydrolysis) is 1. The number of rotatable bonds is 6. The molecule has 1 aliphatic heterocycles. The summed E-state index contributed by atoms with van der Waals surface area (Å²) >= 11 is 0. The molecule has 1 amide bonds. The molecule has 0 aliphatic carbocycles. The maximum atomic E-state index is 11.9. The molecular formula is C17H35N3O2. The van der Waals surface area contributed by atoms with Crippen LogP contribution in [0.5, 0.6) is 0 Å². The van der Waals surface area contributed by atoms with Crippen LogP contribution in [0.1, 0.15) is 54.4 Å². The van der Waals surface area contributed by atoms with Crippen LogP contribution in [0.15, 0.2) is 0 Å². The number of carbonyl (C=O) groups is 1. The molecule has 5 nitrogen and oxygen atoms in total. The number of amides is 1. The van der Waals surface area contributed by atoms with Crippen molar-refractivity contribution in [3.8, 4) is 0 Å². The van der Waals surface area contributed by atoms with E-state index in [0.717, 1.165) is 25.6 Å². The molecule has 1 fully saturated rings. The van der Waals surface area contributed by atoms with Gasteiger partial charge in [0.25, 0.3) is 0 Å². The van der Waals surface area contributed by atoms with Crippen molar-refractivity contribution in [2.45, 2.75) is 65.5 Å². The Morgan fingerprint density at radius 2 is 1.82 bits per heavy atom. The molecule has 1 rings (SSSR count). The molecule has 0 aromatic carbocycles. The molecule has 0 aromatic rings. The highest BCUT2D eigenvalue weighted by Crippen LogP contribution is 2.18. The fourth-order valence-corrected chi connectivity index (χ4v) is 2.50. The van der Waals surface area contributed by atoms with Crippen molar-refractivity contribution in [2.75, 3.05) is 26.2 Å². The Morgan fingerprint density at radius 3 is 2.32 bits per heavy atom. The fraction of sp³-hybridized carbons (Fsp3) is 0.941. The SMILES string of the molecule is CC(C)C(C)(CNC(=O)OC(C)(C)C)NCC1CCNCC1. The highest BCUT2D eigenvalue weighted by molar-refractivity contribution is 5.67. The lowest BCUT2D eigenvalue weighted by molar-refractivity contribution is 0.0502. The van der Waals surface area contributed by atoms with E-state index >= 15 is 0 Å². The Labute approximate surface area is 135 Å². The molecule has 130 valence electrons. The van der Waals surface area contributed by atoms with Gasteiger partial charge in [-0.05, 0) is 72.0 Å². The molecule has 0 spiro atoms. The topological polar surface area (TPSA) is 62.4 Å². The van der Waals surface area contributed by atoms with Crippen molar-refractivity contribution < 1.29 is 9.53 Å². The average Bonchev–Trinajstić information content (AvgIpc) is 2.42. The van der Waals surface area contributed by atoms with E-state index in [9.17, 15) is 4.79 Å². The Balaban J connectivity index is 2.46. The first-order chi connectivity index (χ1) is 10.1. The summed E-state index contributed by atoms with van der Waals surface area (Å²) < 4.78 is 5.32. The van der Waals surface area contributed by atoms with Gasteiger partial charge in [-0.2, -0.15) is 0 Å². The minimum atomic E-state index is -0.457. The number of hydrogen-bond acceptors (Lipinski definition) is 4. The van der Waals surface area contributed by atoms with Crippen molar-refractivity contribution in [1.29, 1.82) is 0 Å². The van der Waals surface area contributed by atoms with E-state index in [-0.39, 0.29) is 11.6 Å². The van der Waals surface area contributed by atoms with Crippen molar-refractivity contribution in [3.63, 3.8) is 0 Å². The van der Waals surface area contributed by atoms with Crippen LogP contribution < -0.4 is 16.0 Å². The second-order valence-corrected chi connectivity index (χ2v) is 8.00. The molecule has 1 aliphatic rings. The fourth-order valence-electron chi connectivity index (χ4n) is 2.50. The summed E-state index contributed by atoms with van der Waals surface area (Å²) in [6.07, 6.45) is 2.10. The monoisotopic (exact) mass is 313 g/mol. The van der Waals surface area contributed by atoms with Gasteiger partial charge in [0, 0.05) is 12.1 Å². The van der Waals surface area contributed by atoms with Crippen LogP contribution in [0.4, 0.5) is 4.79 Å². The van der Waals surface area contributed by atoms with E-state index in [1.807, 2.05) is 20.8 Å². The molecule has 1 saturated heterocycles. The molecule has 1 atom stereocenters. The van der Waals surface area contributed by atoms with Crippen LogP contribution >= 0.6 is 0 Å². The number of ether oxygens (including phenoxy) is 1. The van der Waals surface area contributed by atoms with Gasteiger partial charge < -0.3 is 20.7 Å². The summed E-state index contributed by atoms with van der Waals surface area (Å²) in [4.78, 5) is 11.9. The number of carbonyl (C=O) groups excluding carboxylic acids is 1. The summed E-state index contributed by atoms with van der Waals surface area (Å²) in [6.45, 7) is 16.0. The van der Waals surface area contributed by atoms with Gasteiger partial charge in [0.15, 0.2) is 0 Å². The summed E-state index contributed by atoms with van der Waals surface area (Å²) in [5.41, 5.74) is -0.581. The van der Waals surface area contributed by atoms with Gasteiger partial charge in [-0.15, -0.1) is 0 Å². The van der Waals surface area contributed by atoms with Gasteiger partial charge in [0.2, 0.25) is 0 Å². The largest absolute Gasteiger partial charge is 0.444 e. The summed E-state index contributed by atoms with van der Waals surface area (Å²) in [6, 6.07) is 0. The number of hydrogen-bond donors (Lipinski definition) is 3. The predicted molar refractivity (Wildman–Crippen MR) is 91.1 cm³/mol. The van der Waals surface area contributed by atoms with Gasteiger partial charge >= 0.3 is 6.09 Å². The van der Waals surface area contributed by atoms with Gasteiger partial charge in [-0.25, -0.2) is 4.79 Å². The first kappa shape index (κ1) is 19.2. The molecule has 22 heavy (non-hydrogen) atoms. The Kier molecular flexibility index (Phi) is 7.13. The molecule has 3 N–H and O–H groups in total. The van der Waals surface area contributed by atoms with E-state index < -0.39 is 5.60 Å². The summed E-state index contributed by atoms with van der Waals surface area (Å²) in [5, 5.41) is 9.99. The molecular weight excluding hydrogens is 278 g/mol. The van der Waals surface area contributed by atoms with E-state index in [1.54, 1.807) is 0 Å². The van der Waals surface area contributed by atoms with E-state index in [4.69, 9.17) is 4.74 Å². The van der Waals surface area contributed by atoms with Crippen LogP contribution in [0.2, 0.25) is 0 Å². The quantitative estimate of drug-likeness (QED) is 0.705. The smallest absolute Gasteiger partial charge is 0.407 e. The zero-order valence-corrected chi connectivity index (χ0v) is 15.2. The lowest BCUT2D eigenvalue weighted by Crippen LogP contribution is -2.56. The minimum absolute atomic E-state index is 0.123. The average molecular weight is 313 g/mol. The Hall–Kier alpha value is -0.810. The van der Waals surface area contributed by atoms with Gasteiger partial charge in [0.1, 0.15) is 5.60 Å². The van der Waals surface area contributed by atoms with Gasteiger partial charge in [0.05, 0.1) is 0 Å². The first-order valence-corrected chi connectivity index (χ1v) is 8.55. The highest BCUT2D eigenvalue weighted by atomic mass is 16.6. The van der Waals surface area contributed by atoms with Crippen LogP contribution in [0, 0.1) is 11.8 Å². The van der Waals surface area contributed by atoms with Crippen LogP contribution in [-0.4, -0.2) is 43.4 Å². The standard InChI is InChI=1S/C17H35N3O2/c1-13(2)17(6,12-19-15(21)22-16(3,4)5)20-11-14-7-9-18-10-8-14/h13-14,18,20H,7-12H2,1-6H3,(H,19,21). The predicted octanol–water partition coefficient (Wildman–Crippen LogP) is 2.52. The Bertz CT molecular complexity index is 346. The first-order valence-electron chi connectivity index (χ1n) is 8.55. The van der Waals surface area contributed by atoms with Crippen molar-refractivity contribution >= 4 is 6.09 Å². The molecule has 1 heterocycles. The maximum Gasteiger partial charge on any atom is 0.407 e. The zero-order valence-electron chi connectivity index (χ0n) is 15.2. The summed E-state index contributed by atoms with van der Waals surface area (Å²) in [7, 11) is 0. The molecule has 0 aromatic heterocycles.